The number of halogens is 2. The van der Waals surface area contributed by atoms with E-state index in [1.54, 1.807) is 0 Å². The van der Waals surface area contributed by atoms with Gasteiger partial charge in [-0.25, -0.2) is 17.2 Å². The first-order valence-corrected chi connectivity index (χ1v) is 4.32. The molecule has 0 aromatic heterocycles. The quantitative estimate of drug-likeness (QED) is 0.320. The third kappa shape index (κ3) is 4.06. The second-order valence-electron chi connectivity index (χ2n) is 2.07. The van der Waals surface area contributed by atoms with Crippen molar-refractivity contribution in [3.63, 3.8) is 0 Å². The van der Waals surface area contributed by atoms with Gasteiger partial charge in [-0.1, -0.05) is 0 Å². The summed E-state index contributed by atoms with van der Waals surface area (Å²) in [7, 11) is -5.02. The van der Waals surface area contributed by atoms with Crippen LogP contribution in [0.2, 0.25) is 0 Å². The molecule has 1 rings (SSSR count). The Hall–Kier alpha value is -0.613. The fourth-order valence-corrected chi connectivity index (χ4v) is 1.01. The van der Waals surface area contributed by atoms with Crippen LogP contribution in [0.25, 0.3) is 0 Å². The summed E-state index contributed by atoms with van der Waals surface area (Å²) in [5, 5.41) is 0. The van der Waals surface area contributed by atoms with Crippen molar-refractivity contribution >= 4 is 10.4 Å². The van der Waals surface area contributed by atoms with Gasteiger partial charge in [0, 0.05) is 6.07 Å². The first kappa shape index (κ1) is 13.4. The monoisotopic (exact) mass is 216 g/mol. The summed E-state index contributed by atoms with van der Waals surface area (Å²) in [6, 6.07) is 1.88. The van der Waals surface area contributed by atoms with Crippen molar-refractivity contribution < 1.29 is 44.8 Å². The molecular weight excluding hydrogens is 213 g/mol. The Labute approximate surface area is 91.0 Å². The van der Waals surface area contributed by atoms with E-state index in [-0.39, 0.29) is 18.9 Å². The zero-order valence-corrected chi connectivity index (χ0v) is 7.85. The maximum absolute atomic E-state index is 12.6. The normalized spacial score (nSPS) is 10.5. The van der Waals surface area contributed by atoms with Crippen molar-refractivity contribution in [2.45, 2.75) is 0 Å². The molecule has 1 aromatic carbocycles. The van der Waals surface area contributed by atoms with Crippen LogP contribution >= 0.6 is 0 Å². The maximum atomic E-state index is 12.6. The predicted octanol–water partition coefficient (Wildman–Crippen LogP) is -2.19. The molecule has 0 amide bonds. The zero-order chi connectivity index (χ0) is 10.1. The van der Waals surface area contributed by atoms with Crippen LogP contribution in [-0.2, 0) is 10.4 Å². The van der Waals surface area contributed by atoms with Crippen LogP contribution < -0.4 is 23.0 Å². The summed E-state index contributed by atoms with van der Waals surface area (Å²) in [5.41, 5.74) is 0. The van der Waals surface area contributed by atoms with Crippen molar-refractivity contribution in [2.24, 2.45) is 0 Å². The number of benzene rings is 1. The van der Waals surface area contributed by atoms with Gasteiger partial charge in [0.1, 0.15) is 5.82 Å². The molecule has 0 aliphatic rings. The van der Waals surface area contributed by atoms with Gasteiger partial charge < -0.3 is 8.74 Å². The van der Waals surface area contributed by atoms with E-state index >= 15 is 0 Å². The molecule has 0 saturated heterocycles. The third-order valence-electron chi connectivity index (χ3n) is 1.09. The van der Waals surface area contributed by atoms with Crippen LogP contribution in [0, 0.1) is 11.6 Å². The van der Waals surface area contributed by atoms with E-state index in [1.807, 2.05) is 0 Å². The smallest absolute Gasteiger partial charge is 0.716 e. The van der Waals surface area contributed by atoms with Crippen molar-refractivity contribution in [3.8, 4) is 5.75 Å². The molecule has 0 radical (unpaired) electrons. The molecule has 0 aliphatic carbocycles. The first-order valence-electron chi connectivity index (χ1n) is 2.99. The number of hydrogen-bond acceptors (Lipinski definition) is 4. The summed E-state index contributed by atoms with van der Waals surface area (Å²) >= 11 is 0. The van der Waals surface area contributed by atoms with Crippen LogP contribution in [0.5, 0.6) is 5.75 Å². The van der Waals surface area contributed by atoms with Crippen molar-refractivity contribution in [1.82, 2.24) is 0 Å². The van der Waals surface area contributed by atoms with Crippen LogP contribution in [0.3, 0.4) is 0 Å². The minimum atomic E-state index is -5.02. The molecular formula is C6H3F2LiO4S. The second-order valence-corrected chi connectivity index (χ2v) is 3.05. The fraction of sp³-hybridized carbons (Fsp3) is 0. The molecule has 0 bridgehead atoms. The van der Waals surface area contributed by atoms with E-state index in [2.05, 4.69) is 4.18 Å². The average molecular weight is 216 g/mol. The third-order valence-corrected chi connectivity index (χ3v) is 1.47. The molecule has 0 fully saturated rings. The van der Waals surface area contributed by atoms with Gasteiger partial charge in [-0.15, -0.1) is 0 Å². The van der Waals surface area contributed by atoms with E-state index in [0.717, 1.165) is 6.07 Å². The summed E-state index contributed by atoms with van der Waals surface area (Å²) in [6.45, 7) is 0. The zero-order valence-electron chi connectivity index (χ0n) is 7.03. The van der Waals surface area contributed by atoms with Gasteiger partial charge in [0.2, 0.25) is 0 Å². The molecule has 0 spiro atoms. The first-order chi connectivity index (χ1) is 5.88. The van der Waals surface area contributed by atoms with Crippen molar-refractivity contribution in [2.75, 3.05) is 0 Å². The summed E-state index contributed by atoms with van der Waals surface area (Å²) in [6.07, 6.45) is 0. The van der Waals surface area contributed by atoms with Gasteiger partial charge in [-0.05, 0) is 12.1 Å². The molecule has 0 atom stereocenters. The van der Waals surface area contributed by atoms with Crippen molar-refractivity contribution in [1.29, 1.82) is 0 Å². The molecule has 0 N–H and O–H groups in total. The molecule has 14 heavy (non-hydrogen) atoms. The summed E-state index contributed by atoms with van der Waals surface area (Å²) < 4.78 is 58.5. The van der Waals surface area contributed by atoms with E-state index in [0.29, 0.717) is 12.1 Å². The van der Waals surface area contributed by atoms with Gasteiger partial charge in [0.25, 0.3) is 10.4 Å². The van der Waals surface area contributed by atoms with Crippen LogP contribution in [-0.4, -0.2) is 13.0 Å². The molecule has 0 saturated carbocycles. The van der Waals surface area contributed by atoms with E-state index < -0.39 is 27.8 Å². The molecule has 72 valence electrons. The Kier molecular flexibility index (Phi) is 4.54. The maximum Gasteiger partial charge on any atom is 1.00 e. The summed E-state index contributed by atoms with van der Waals surface area (Å²) in [5.74, 6) is -2.97. The molecule has 0 unspecified atom stereocenters. The second kappa shape index (κ2) is 4.75. The van der Waals surface area contributed by atoms with Gasteiger partial charge in [0.15, 0.2) is 11.6 Å². The molecule has 4 nitrogen and oxygen atoms in total. The van der Waals surface area contributed by atoms with E-state index in [4.69, 9.17) is 0 Å². The Bertz CT molecular complexity index is 420. The minimum Gasteiger partial charge on any atom is -0.716 e. The summed E-state index contributed by atoms with van der Waals surface area (Å²) in [4.78, 5) is 0. The number of hydrogen-bond donors (Lipinski definition) is 0. The SMILES string of the molecule is O=S(=O)([O-])Oc1ccc(F)cc1F.[Li+]. The molecule has 1 aromatic rings. The Morgan fingerprint density at radius 3 is 2.29 bits per heavy atom. The molecule has 8 heteroatoms. The Morgan fingerprint density at radius 1 is 1.29 bits per heavy atom. The Balaban J connectivity index is 0.00000169. The van der Waals surface area contributed by atoms with Crippen LogP contribution in [0.15, 0.2) is 18.2 Å². The van der Waals surface area contributed by atoms with Gasteiger partial charge >= 0.3 is 18.9 Å². The predicted molar refractivity (Wildman–Crippen MR) is 36.7 cm³/mol. The Morgan fingerprint density at radius 2 is 1.86 bits per heavy atom. The van der Waals surface area contributed by atoms with Crippen molar-refractivity contribution in [3.05, 3.63) is 29.8 Å². The topological polar surface area (TPSA) is 66.4 Å². The largest absolute Gasteiger partial charge is 1.00 e. The van der Waals surface area contributed by atoms with Gasteiger partial charge in [-0.3, -0.25) is 0 Å². The fourth-order valence-electron chi connectivity index (χ4n) is 0.653. The van der Waals surface area contributed by atoms with Gasteiger partial charge in [0.05, 0.1) is 0 Å². The standard InChI is InChI=1S/C6H4F2O4S.Li/c7-4-1-2-6(5(8)3-4)12-13(9,10)11;/h1-3H,(H,9,10,11);/q;+1/p-1. The van der Waals surface area contributed by atoms with Crippen LogP contribution in [0.1, 0.15) is 0 Å². The van der Waals surface area contributed by atoms with Gasteiger partial charge in [-0.2, -0.15) is 0 Å². The van der Waals surface area contributed by atoms with Crippen LogP contribution in [0.4, 0.5) is 8.78 Å². The average Bonchev–Trinajstić information content (AvgIpc) is 1.93. The molecule has 0 heterocycles. The van der Waals surface area contributed by atoms with E-state index in [1.165, 1.54) is 0 Å². The number of rotatable bonds is 2. The van der Waals surface area contributed by atoms with E-state index in [9.17, 15) is 21.8 Å². The minimum absolute atomic E-state index is 0. The molecule has 0 aliphatic heterocycles.